The number of nitrogens with zero attached hydrogens (tertiary/aromatic N) is 5. The minimum atomic E-state index is -0.444. The summed E-state index contributed by atoms with van der Waals surface area (Å²) in [4.78, 5) is 22.7. The molecule has 0 N–H and O–H groups in total. The van der Waals surface area contributed by atoms with Crippen molar-refractivity contribution < 1.29 is 18.8 Å². The number of rotatable bonds is 4. The minimum absolute atomic E-state index is 0.0717. The predicted molar refractivity (Wildman–Crippen MR) is 124 cm³/mol. The third-order valence-electron chi connectivity index (χ3n) is 7.24. The van der Waals surface area contributed by atoms with E-state index in [1.165, 1.54) is 19.2 Å². The summed E-state index contributed by atoms with van der Waals surface area (Å²) in [7, 11) is 1.49. The highest BCUT2D eigenvalue weighted by atomic mass is 19.1. The van der Waals surface area contributed by atoms with Gasteiger partial charge in [0, 0.05) is 56.6 Å². The smallest absolute Gasteiger partial charge is 0.225 e. The second kappa shape index (κ2) is 9.66. The van der Waals surface area contributed by atoms with Gasteiger partial charge in [0.15, 0.2) is 0 Å². The van der Waals surface area contributed by atoms with Crippen LogP contribution in [-0.2, 0) is 16.2 Å². The summed E-state index contributed by atoms with van der Waals surface area (Å²) in [5.74, 6) is 0.623. The van der Waals surface area contributed by atoms with E-state index in [0.29, 0.717) is 49.4 Å². The van der Waals surface area contributed by atoms with Crippen LogP contribution < -0.4 is 4.74 Å². The van der Waals surface area contributed by atoms with Crippen LogP contribution in [0.25, 0.3) is 0 Å². The summed E-state index contributed by atoms with van der Waals surface area (Å²) in [5.41, 5.74) is 2.04. The highest BCUT2D eigenvalue weighted by molar-refractivity contribution is 6.04. The lowest BCUT2D eigenvalue weighted by Crippen LogP contribution is -2.54. The molecule has 34 heavy (non-hydrogen) atoms. The van der Waals surface area contributed by atoms with Crippen LogP contribution in [0.4, 0.5) is 4.39 Å². The fourth-order valence-corrected chi connectivity index (χ4v) is 5.36. The van der Waals surface area contributed by atoms with Crippen molar-refractivity contribution in [1.29, 1.82) is 0 Å². The van der Waals surface area contributed by atoms with Crippen molar-refractivity contribution in [2.75, 3.05) is 33.3 Å². The molecule has 1 aromatic carbocycles. The Bertz CT molecular complexity index is 1050. The maximum absolute atomic E-state index is 13.8. The molecule has 1 aromatic heterocycles. The molecule has 0 unspecified atom stereocenters. The van der Waals surface area contributed by atoms with Gasteiger partial charge in [0.1, 0.15) is 24.3 Å². The Morgan fingerprint density at radius 1 is 1.21 bits per heavy atom. The molecule has 3 aliphatic rings. The topological polar surface area (TPSA) is 80.2 Å². The Labute approximate surface area is 198 Å². The zero-order valence-corrected chi connectivity index (χ0v) is 19.5. The van der Waals surface area contributed by atoms with Gasteiger partial charge in [0.05, 0.1) is 11.9 Å². The van der Waals surface area contributed by atoms with Crippen molar-refractivity contribution in [1.82, 2.24) is 20.0 Å². The molecule has 2 saturated heterocycles. The van der Waals surface area contributed by atoms with Crippen molar-refractivity contribution in [3.05, 3.63) is 53.6 Å². The fourth-order valence-electron chi connectivity index (χ4n) is 5.36. The summed E-state index contributed by atoms with van der Waals surface area (Å²) in [6, 6.07) is 6.48. The molecule has 4 heterocycles. The van der Waals surface area contributed by atoms with Crippen LogP contribution in [0.3, 0.4) is 0 Å². The first kappa shape index (κ1) is 22.7. The molecule has 8 nitrogen and oxygen atoms in total. The lowest BCUT2D eigenvalue weighted by atomic mass is 9.81. The number of oxime groups is 1. The van der Waals surface area contributed by atoms with Gasteiger partial charge in [0.25, 0.3) is 0 Å². The van der Waals surface area contributed by atoms with Gasteiger partial charge >= 0.3 is 0 Å². The second-order valence-corrected chi connectivity index (χ2v) is 9.45. The van der Waals surface area contributed by atoms with Crippen LogP contribution in [0, 0.1) is 11.7 Å². The first-order valence-electron chi connectivity index (χ1n) is 11.9. The number of likely N-dealkylation sites (tertiary alicyclic amines) is 2. The molecule has 1 spiro atoms. The van der Waals surface area contributed by atoms with Crippen molar-refractivity contribution in [3.63, 3.8) is 0 Å². The SMILES string of the molecule is CO/N=C1\CC2(CCN(C(=O)C3CCN(Cc4ccnnc4)CC3)CC2)Oc2ccc(F)cc21. The average molecular weight is 468 g/mol. The zero-order valence-electron chi connectivity index (χ0n) is 19.5. The van der Waals surface area contributed by atoms with Crippen LogP contribution in [0.2, 0.25) is 0 Å². The number of hydrogen-bond acceptors (Lipinski definition) is 7. The highest BCUT2D eigenvalue weighted by Gasteiger charge is 2.44. The molecule has 180 valence electrons. The van der Waals surface area contributed by atoms with E-state index in [2.05, 4.69) is 20.3 Å². The molecule has 3 aliphatic heterocycles. The van der Waals surface area contributed by atoms with Crippen LogP contribution in [0.15, 0.2) is 41.8 Å². The molecule has 0 bridgehead atoms. The number of amides is 1. The number of piperidine rings is 2. The maximum Gasteiger partial charge on any atom is 0.225 e. The van der Waals surface area contributed by atoms with Gasteiger partial charge in [-0.15, -0.1) is 0 Å². The summed E-state index contributed by atoms with van der Waals surface area (Å²) in [5, 5.41) is 11.9. The molecular formula is C25H30FN5O3. The van der Waals surface area contributed by atoms with E-state index >= 15 is 0 Å². The summed E-state index contributed by atoms with van der Waals surface area (Å²) in [6.07, 6.45) is 7.23. The first-order valence-corrected chi connectivity index (χ1v) is 11.9. The molecule has 0 saturated carbocycles. The lowest BCUT2D eigenvalue weighted by Gasteiger charge is -2.45. The van der Waals surface area contributed by atoms with Gasteiger partial charge in [-0.1, -0.05) is 5.16 Å². The summed E-state index contributed by atoms with van der Waals surface area (Å²) in [6.45, 7) is 3.96. The van der Waals surface area contributed by atoms with Crippen LogP contribution >= 0.6 is 0 Å². The van der Waals surface area contributed by atoms with Gasteiger partial charge in [-0.3, -0.25) is 9.69 Å². The Kier molecular flexibility index (Phi) is 6.45. The Balaban J connectivity index is 1.17. The summed E-state index contributed by atoms with van der Waals surface area (Å²) >= 11 is 0. The first-order chi connectivity index (χ1) is 16.5. The zero-order chi connectivity index (χ0) is 23.5. The molecule has 1 amide bonds. The number of ether oxygens (including phenoxy) is 1. The fraction of sp³-hybridized carbons (Fsp3) is 0.520. The molecule has 0 aliphatic carbocycles. The quantitative estimate of drug-likeness (QED) is 0.643. The number of carbonyl (C=O) groups excluding carboxylic acids is 1. The number of fused-ring (bicyclic) bond motifs is 1. The maximum atomic E-state index is 13.8. The second-order valence-electron chi connectivity index (χ2n) is 9.45. The Morgan fingerprint density at radius 3 is 2.71 bits per heavy atom. The molecule has 0 radical (unpaired) electrons. The van der Waals surface area contributed by atoms with E-state index in [9.17, 15) is 9.18 Å². The van der Waals surface area contributed by atoms with E-state index in [-0.39, 0.29) is 17.6 Å². The van der Waals surface area contributed by atoms with E-state index in [0.717, 1.165) is 38.0 Å². The third-order valence-corrected chi connectivity index (χ3v) is 7.24. The minimum Gasteiger partial charge on any atom is -0.486 e. The average Bonchev–Trinajstić information content (AvgIpc) is 2.86. The number of aromatic nitrogens is 2. The van der Waals surface area contributed by atoms with Crippen molar-refractivity contribution >= 4 is 11.6 Å². The Morgan fingerprint density at radius 2 is 2.00 bits per heavy atom. The standard InChI is InChI=1S/C25H30FN5O3/c1-33-29-22-15-25(34-23-3-2-20(26)14-21(22)23)7-12-31(13-8-25)24(32)19-5-10-30(11-6-19)17-18-4-9-27-28-16-18/h2-4,9,14,16,19H,5-8,10-13,15,17H2,1H3/b29-22+. The van der Waals surface area contributed by atoms with Gasteiger partial charge < -0.3 is 14.5 Å². The van der Waals surface area contributed by atoms with E-state index in [4.69, 9.17) is 9.57 Å². The molecule has 5 rings (SSSR count). The third kappa shape index (κ3) is 4.75. The highest BCUT2D eigenvalue weighted by Crippen LogP contribution is 2.40. The summed E-state index contributed by atoms with van der Waals surface area (Å²) < 4.78 is 20.2. The van der Waals surface area contributed by atoms with Gasteiger partial charge in [-0.2, -0.15) is 10.2 Å². The van der Waals surface area contributed by atoms with Crippen molar-refractivity contribution in [2.45, 2.75) is 44.2 Å². The van der Waals surface area contributed by atoms with Crippen molar-refractivity contribution in [3.8, 4) is 5.75 Å². The number of carbonyl (C=O) groups is 1. The number of benzene rings is 1. The number of halogens is 1. The number of hydrogen-bond donors (Lipinski definition) is 0. The predicted octanol–water partition coefficient (Wildman–Crippen LogP) is 3.02. The lowest BCUT2D eigenvalue weighted by molar-refractivity contribution is -0.140. The van der Waals surface area contributed by atoms with E-state index < -0.39 is 5.60 Å². The Hall–Kier alpha value is -3.07. The molecule has 2 aromatic rings. The van der Waals surface area contributed by atoms with Gasteiger partial charge in [-0.25, -0.2) is 4.39 Å². The largest absolute Gasteiger partial charge is 0.486 e. The normalized spacial score (nSPS) is 21.8. The van der Waals surface area contributed by atoms with E-state index in [1.54, 1.807) is 18.5 Å². The molecule has 9 heteroatoms. The molecular weight excluding hydrogens is 437 g/mol. The molecule has 2 fully saturated rings. The van der Waals surface area contributed by atoms with Crippen molar-refractivity contribution in [2.24, 2.45) is 11.1 Å². The van der Waals surface area contributed by atoms with Gasteiger partial charge in [-0.05, 0) is 55.8 Å². The van der Waals surface area contributed by atoms with Gasteiger partial charge in [0.2, 0.25) is 5.91 Å². The van der Waals surface area contributed by atoms with Crippen LogP contribution in [-0.4, -0.2) is 70.5 Å². The van der Waals surface area contributed by atoms with Crippen LogP contribution in [0.5, 0.6) is 5.75 Å². The molecule has 0 atom stereocenters. The van der Waals surface area contributed by atoms with Crippen LogP contribution in [0.1, 0.15) is 43.2 Å². The van der Waals surface area contributed by atoms with E-state index in [1.807, 2.05) is 11.0 Å². The monoisotopic (exact) mass is 467 g/mol.